The third-order valence-corrected chi connectivity index (χ3v) is 3.44. The predicted molar refractivity (Wildman–Crippen MR) is 74.5 cm³/mol. The van der Waals surface area contributed by atoms with Crippen LogP contribution in [0.25, 0.3) is 11.0 Å². The Balaban J connectivity index is 1.60. The molecule has 1 saturated heterocycles. The van der Waals surface area contributed by atoms with Gasteiger partial charge in [0.05, 0.1) is 12.7 Å². The van der Waals surface area contributed by atoms with E-state index >= 15 is 0 Å². The first-order chi connectivity index (χ1) is 9.72. The Hall–Kier alpha value is -2.01. The summed E-state index contributed by atoms with van der Waals surface area (Å²) in [6.45, 7) is 1.16. The second-order valence-corrected chi connectivity index (χ2v) is 4.97. The molecule has 0 saturated carbocycles. The van der Waals surface area contributed by atoms with E-state index in [1.807, 2.05) is 0 Å². The number of hydrogen-bond acceptors (Lipinski definition) is 5. The molecule has 2 aromatic rings. The maximum absolute atomic E-state index is 11.9. The van der Waals surface area contributed by atoms with Crippen molar-refractivity contribution in [1.29, 1.82) is 0 Å². The minimum absolute atomic E-state index is 0.206. The van der Waals surface area contributed by atoms with Crippen molar-refractivity contribution in [3.63, 3.8) is 0 Å². The van der Waals surface area contributed by atoms with Gasteiger partial charge in [-0.1, -0.05) is 0 Å². The molecule has 1 aromatic carbocycles. The number of furan rings is 1. The van der Waals surface area contributed by atoms with E-state index in [4.69, 9.17) is 19.6 Å². The summed E-state index contributed by atoms with van der Waals surface area (Å²) in [5.41, 5.74) is 6.95. The van der Waals surface area contributed by atoms with Gasteiger partial charge in [0.1, 0.15) is 5.58 Å². The molecule has 1 unspecified atom stereocenters. The summed E-state index contributed by atoms with van der Waals surface area (Å²) in [5, 5.41) is 0.802. The number of carbonyl (C=O) groups excluding carboxylic acids is 1. The predicted octanol–water partition coefficient (Wildman–Crippen LogP) is 2.74. The average molecular weight is 275 g/mol. The van der Waals surface area contributed by atoms with Gasteiger partial charge in [0.15, 0.2) is 0 Å². The highest BCUT2D eigenvalue weighted by molar-refractivity contribution is 5.93. The summed E-state index contributed by atoms with van der Waals surface area (Å²) in [6, 6.07) is 6.90. The highest BCUT2D eigenvalue weighted by Gasteiger charge is 2.18. The molecular weight excluding hydrogens is 258 g/mol. The van der Waals surface area contributed by atoms with Crippen LogP contribution >= 0.6 is 0 Å². The van der Waals surface area contributed by atoms with Gasteiger partial charge in [-0.05, 0) is 37.1 Å². The van der Waals surface area contributed by atoms with E-state index in [-0.39, 0.29) is 11.9 Å². The Bertz CT molecular complexity index is 613. The Morgan fingerprint density at radius 2 is 2.30 bits per heavy atom. The van der Waals surface area contributed by atoms with Crippen LogP contribution in [0.2, 0.25) is 0 Å². The van der Waals surface area contributed by atoms with Crippen molar-refractivity contribution in [2.45, 2.75) is 25.4 Å². The first-order valence-corrected chi connectivity index (χ1v) is 6.80. The van der Waals surface area contributed by atoms with Crippen molar-refractivity contribution in [2.75, 3.05) is 18.9 Å². The molecule has 106 valence electrons. The van der Waals surface area contributed by atoms with Gasteiger partial charge in [0.2, 0.25) is 5.76 Å². The van der Waals surface area contributed by atoms with Gasteiger partial charge >= 0.3 is 5.97 Å². The lowest BCUT2D eigenvalue weighted by Gasteiger charge is -2.08. The van der Waals surface area contributed by atoms with Crippen molar-refractivity contribution in [2.24, 2.45) is 0 Å². The van der Waals surface area contributed by atoms with Crippen LogP contribution in [0.4, 0.5) is 5.69 Å². The van der Waals surface area contributed by atoms with E-state index < -0.39 is 5.97 Å². The normalized spacial score (nSPS) is 18.5. The summed E-state index contributed by atoms with van der Waals surface area (Å²) in [5.74, 6) is -0.240. The van der Waals surface area contributed by atoms with Crippen molar-refractivity contribution >= 4 is 22.6 Å². The van der Waals surface area contributed by atoms with Crippen molar-refractivity contribution < 1.29 is 18.7 Å². The van der Waals surface area contributed by atoms with Gasteiger partial charge in [0, 0.05) is 24.1 Å². The second-order valence-electron chi connectivity index (χ2n) is 4.97. The maximum atomic E-state index is 11.9. The smallest absolute Gasteiger partial charge is 0.374 e. The minimum atomic E-state index is -0.447. The van der Waals surface area contributed by atoms with Gasteiger partial charge in [-0.3, -0.25) is 0 Å². The molecule has 1 aromatic heterocycles. The Morgan fingerprint density at radius 1 is 1.40 bits per heavy atom. The first-order valence-electron chi connectivity index (χ1n) is 6.80. The topological polar surface area (TPSA) is 74.7 Å². The van der Waals surface area contributed by atoms with E-state index in [1.54, 1.807) is 24.3 Å². The Morgan fingerprint density at radius 3 is 3.10 bits per heavy atom. The number of carbonyl (C=O) groups is 1. The van der Waals surface area contributed by atoms with Crippen molar-refractivity contribution in [1.82, 2.24) is 0 Å². The SMILES string of the molecule is Nc1ccc2oc(C(=O)OCCC3CCCO3)cc2c1. The number of ether oxygens (including phenoxy) is 2. The molecule has 0 aliphatic carbocycles. The summed E-state index contributed by atoms with van der Waals surface area (Å²) in [6.07, 6.45) is 3.09. The van der Waals surface area contributed by atoms with Crippen LogP contribution in [0.1, 0.15) is 29.8 Å². The van der Waals surface area contributed by atoms with Gasteiger partial charge < -0.3 is 19.6 Å². The lowest BCUT2D eigenvalue weighted by Crippen LogP contribution is -2.12. The number of rotatable bonds is 4. The van der Waals surface area contributed by atoms with Crippen LogP contribution in [0, 0.1) is 0 Å². The largest absolute Gasteiger partial charge is 0.460 e. The van der Waals surface area contributed by atoms with E-state index in [2.05, 4.69) is 0 Å². The van der Waals surface area contributed by atoms with Crippen LogP contribution in [0.5, 0.6) is 0 Å². The van der Waals surface area contributed by atoms with Crippen LogP contribution in [0.15, 0.2) is 28.7 Å². The van der Waals surface area contributed by atoms with Gasteiger partial charge in [-0.25, -0.2) is 4.79 Å². The fraction of sp³-hybridized carbons (Fsp3) is 0.400. The van der Waals surface area contributed by atoms with E-state index in [0.29, 0.717) is 17.9 Å². The number of nitrogen functional groups attached to an aromatic ring is 1. The molecule has 2 heterocycles. The van der Waals surface area contributed by atoms with Crippen molar-refractivity contribution in [3.05, 3.63) is 30.0 Å². The van der Waals surface area contributed by atoms with Crippen LogP contribution in [-0.4, -0.2) is 25.3 Å². The summed E-state index contributed by atoms with van der Waals surface area (Å²) in [7, 11) is 0. The lowest BCUT2D eigenvalue weighted by molar-refractivity contribution is 0.0357. The van der Waals surface area contributed by atoms with E-state index in [0.717, 1.165) is 31.3 Å². The van der Waals surface area contributed by atoms with Crippen LogP contribution < -0.4 is 5.73 Å². The number of benzene rings is 1. The second kappa shape index (κ2) is 5.54. The Labute approximate surface area is 116 Å². The fourth-order valence-corrected chi connectivity index (χ4v) is 2.39. The molecule has 0 spiro atoms. The van der Waals surface area contributed by atoms with E-state index in [9.17, 15) is 4.79 Å². The molecule has 3 rings (SSSR count). The third-order valence-electron chi connectivity index (χ3n) is 3.44. The third kappa shape index (κ3) is 2.77. The molecule has 2 N–H and O–H groups in total. The van der Waals surface area contributed by atoms with Gasteiger partial charge in [0.25, 0.3) is 0 Å². The minimum Gasteiger partial charge on any atom is -0.460 e. The average Bonchev–Trinajstić information content (AvgIpc) is 3.06. The quantitative estimate of drug-likeness (QED) is 0.686. The molecule has 0 bridgehead atoms. The Kier molecular flexibility index (Phi) is 3.60. The molecule has 1 fully saturated rings. The van der Waals surface area contributed by atoms with Crippen LogP contribution in [-0.2, 0) is 9.47 Å². The van der Waals surface area contributed by atoms with Gasteiger partial charge in [-0.2, -0.15) is 0 Å². The lowest BCUT2D eigenvalue weighted by atomic mass is 10.2. The molecule has 0 amide bonds. The van der Waals surface area contributed by atoms with Crippen molar-refractivity contribution in [3.8, 4) is 0 Å². The molecular formula is C15H17NO4. The number of fused-ring (bicyclic) bond motifs is 1. The highest BCUT2D eigenvalue weighted by Crippen LogP contribution is 2.22. The molecule has 5 heteroatoms. The zero-order chi connectivity index (χ0) is 13.9. The summed E-state index contributed by atoms with van der Waals surface area (Å²) < 4.78 is 16.1. The zero-order valence-electron chi connectivity index (χ0n) is 11.1. The van der Waals surface area contributed by atoms with E-state index in [1.165, 1.54) is 0 Å². The number of nitrogens with two attached hydrogens (primary N) is 1. The molecule has 1 atom stereocenters. The standard InChI is InChI=1S/C15H17NO4/c16-11-3-4-13-10(8-11)9-14(20-13)15(17)19-7-5-12-2-1-6-18-12/h3-4,8-9,12H,1-2,5-7,16H2. The monoisotopic (exact) mass is 275 g/mol. The fourth-order valence-electron chi connectivity index (χ4n) is 2.39. The molecule has 5 nitrogen and oxygen atoms in total. The number of esters is 1. The molecule has 1 aliphatic rings. The van der Waals surface area contributed by atoms with Gasteiger partial charge in [-0.15, -0.1) is 0 Å². The van der Waals surface area contributed by atoms with Crippen LogP contribution in [0.3, 0.4) is 0 Å². The summed E-state index contributed by atoms with van der Waals surface area (Å²) >= 11 is 0. The number of hydrogen-bond donors (Lipinski definition) is 1. The zero-order valence-corrected chi connectivity index (χ0v) is 11.1. The number of anilines is 1. The molecule has 20 heavy (non-hydrogen) atoms. The first kappa shape index (κ1) is 13.0. The molecule has 1 aliphatic heterocycles. The maximum Gasteiger partial charge on any atom is 0.374 e. The highest BCUT2D eigenvalue weighted by atomic mass is 16.5. The summed E-state index contributed by atoms with van der Waals surface area (Å²) in [4.78, 5) is 11.9. The molecule has 0 radical (unpaired) electrons.